The predicted molar refractivity (Wildman–Crippen MR) is 286 cm³/mol. The Kier molecular flexibility index (Phi) is 18.2. The van der Waals surface area contributed by atoms with E-state index in [4.69, 9.17) is 42.0 Å². The number of piperidine rings is 2. The number of nitrogens with zero attached hydrogens (tertiary/aromatic N) is 3. The summed E-state index contributed by atoms with van der Waals surface area (Å²) in [6.07, 6.45) is 2.36. The minimum atomic E-state index is -3.67. The minimum absolute atomic E-state index is 0. The molecule has 3 heterocycles. The lowest BCUT2D eigenvalue weighted by Crippen LogP contribution is -2.42. The van der Waals surface area contributed by atoms with Crippen LogP contribution in [-0.2, 0) is 28.8 Å². The molecule has 12 nitrogen and oxygen atoms in total. The standard InChI is InChI=1S/C20H24ClNO2.C17H25N3O4S.C16H18BClO2.CH4/c1-20(2,3)24-19(23)22-12-10-14(11-13-22)15-8-9-18(21)17-7-5-4-6-16(15)17;1-13-5-7-15(8-6-13)25(22,23)19-18-14-9-11-20(12-10-14)16(21)24-17(2,3)4;1-15(2)16(3,4)20-17(19-15)13-9-10-14(18)12-8-6-5-7-11(12)13;/h4-9,14H,10-13H2,1-3H3;5-8,19H,9-12H2,1-4H3;5-10H,1-4H3;1H4. The fourth-order valence-electron chi connectivity index (χ4n) is 8.08. The van der Waals surface area contributed by atoms with E-state index < -0.39 is 21.2 Å². The van der Waals surface area contributed by atoms with Crippen LogP contribution < -0.4 is 10.3 Å². The number of hydrogen-bond acceptors (Lipinski definition) is 9. The third-order valence-corrected chi connectivity index (χ3v) is 14.4. The summed E-state index contributed by atoms with van der Waals surface area (Å²) in [7, 11) is -4.03. The van der Waals surface area contributed by atoms with Gasteiger partial charge in [0.05, 0.1) is 16.1 Å². The number of carbonyl (C=O) groups is 2. The molecule has 5 aromatic carbocycles. The first-order valence-electron chi connectivity index (χ1n) is 23.5. The maximum atomic E-state index is 12.2. The van der Waals surface area contributed by atoms with Crippen LogP contribution in [0.2, 0.25) is 10.0 Å². The van der Waals surface area contributed by atoms with Crippen molar-refractivity contribution >= 4 is 85.2 Å². The number of likely N-dealkylation sites (tertiary alicyclic amines) is 2. The summed E-state index contributed by atoms with van der Waals surface area (Å²) in [6.45, 7) is 23.7. The molecular weight excluding hydrogens is 946 g/mol. The number of sulfonamides is 1. The van der Waals surface area contributed by atoms with Crippen molar-refractivity contribution in [2.45, 2.75) is 142 Å². The van der Waals surface area contributed by atoms with Crippen LogP contribution >= 0.6 is 23.2 Å². The quantitative estimate of drug-likeness (QED) is 0.136. The topological polar surface area (TPSA) is 136 Å². The molecule has 70 heavy (non-hydrogen) atoms. The molecule has 0 spiro atoms. The smallest absolute Gasteiger partial charge is 0.444 e. The van der Waals surface area contributed by atoms with Crippen LogP contribution in [0.1, 0.15) is 119 Å². The molecule has 0 saturated carbocycles. The fraction of sp³-hybridized carbons (Fsp3) is 0.463. The number of halogens is 2. The van der Waals surface area contributed by atoms with E-state index in [9.17, 15) is 18.0 Å². The Balaban J connectivity index is 0.000000195. The van der Waals surface area contributed by atoms with Gasteiger partial charge in [-0.3, -0.25) is 0 Å². The third kappa shape index (κ3) is 14.4. The molecule has 0 unspecified atom stereocenters. The van der Waals surface area contributed by atoms with Gasteiger partial charge in [0.15, 0.2) is 0 Å². The molecule has 5 aromatic rings. The monoisotopic (exact) mass is 1020 g/mol. The molecular formula is C54H71BCl2N4O8S. The lowest BCUT2D eigenvalue weighted by molar-refractivity contribution is 0.00578. The van der Waals surface area contributed by atoms with E-state index in [1.54, 1.807) is 29.2 Å². The van der Waals surface area contributed by atoms with E-state index >= 15 is 0 Å². The number of ether oxygens (including phenoxy) is 2. The molecule has 8 rings (SSSR count). The molecule has 2 amide bonds. The van der Waals surface area contributed by atoms with Crippen molar-refractivity contribution < 1.29 is 36.8 Å². The van der Waals surface area contributed by atoms with E-state index in [-0.39, 0.29) is 42.8 Å². The van der Waals surface area contributed by atoms with Gasteiger partial charge in [-0.1, -0.05) is 109 Å². The zero-order valence-electron chi connectivity index (χ0n) is 41.8. The second kappa shape index (κ2) is 22.7. The minimum Gasteiger partial charge on any atom is -0.444 e. The zero-order chi connectivity index (χ0) is 50.5. The van der Waals surface area contributed by atoms with Crippen molar-refractivity contribution in [3.63, 3.8) is 0 Å². The van der Waals surface area contributed by atoms with Crippen LogP contribution in [0.15, 0.2) is 107 Å². The Morgan fingerprint density at radius 2 is 1.11 bits per heavy atom. The van der Waals surface area contributed by atoms with Crippen LogP contribution in [0, 0.1) is 6.92 Å². The highest BCUT2D eigenvalue weighted by Crippen LogP contribution is 2.38. The van der Waals surface area contributed by atoms with Crippen molar-refractivity contribution in [1.29, 1.82) is 0 Å². The molecule has 3 saturated heterocycles. The van der Waals surface area contributed by atoms with Crippen molar-refractivity contribution in [3.8, 4) is 0 Å². The van der Waals surface area contributed by atoms with E-state index in [0.29, 0.717) is 31.8 Å². The molecule has 378 valence electrons. The SMILES string of the molecule is C.CC(C)(C)OC(=O)N1CCC(c2ccc(Cl)c3ccccc23)CC1.CC1(C)OB(c2ccc(Cl)c3ccccc23)OC1(C)C.Cc1ccc(S(=O)(=O)NN=C2CCN(C(=O)OC(C)(C)C)CC2)cc1. The highest BCUT2D eigenvalue weighted by molar-refractivity contribution is 7.89. The molecule has 0 radical (unpaired) electrons. The summed E-state index contributed by atoms with van der Waals surface area (Å²) < 4.78 is 47.5. The van der Waals surface area contributed by atoms with Gasteiger partial charge in [-0.15, -0.1) is 0 Å². The van der Waals surface area contributed by atoms with Crippen molar-refractivity contribution in [2.75, 3.05) is 26.2 Å². The first kappa shape index (κ1) is 56.1. The van der Waals surface area contributed by atoms with Crippen molar-refractivity contribution in [1.82, 2.24) is 14.6 Å². The summed E-state index contributed by atoms with van der Waals surface area (Å²) >= 11 is 12.6. The summed E-state index contributed by atoms with van der Waals surface area (Å²) in [5.41, 5.74) is 2.42. The number of aryl methyl sites for hydroxylation is 1. The molecule has 3 fully saturated rings. The Morgan fingerprint density at radius 1 is 0.671 bits per heavy atom. The van der Waals surface area contributed by atoms with Crippen LogP contribution in [0.25, 0.3) is 21.5 Å². The average molecular weight is 1020 g/mol. The Hall–Kier alpha value is -4.86. The zero-order valence-corrected chi connectivity index (χ0v) is 44.1. The van der Waals surface area contributed by atoms with E-state index in [1.807, 2.05) is 95.8 Å². The van der Waals surface area contributed by atoms with E-state index in [0.717, 1.165) is 68.9 Å². The molecule has 3 aliphatic heterocycles. The molecule has 0 atom stereocenters. The highest BCUT2D eigenvalue weighted by atomic mass is 35.5. The van der Waals surface area contributed by atoms with Gasteiger partial charge in [0.1, 0.15) is 11.2 Å². The Morgan fingerprint density at radius 3 is 1.61 bits per heavy atom. The lowest BCUT2D eigenvalue weighted by Gasteiger charge is -2.34. The second-order valence-electron chi connectivity index (χ2n) is 20.7. The number of hydrogen-bond donors (Lipinski definition) is 1. The van der Waals surface area contributed by atoms with Gasteiger partial charge in [0, 0.05) is 60.2 Å². The molecule has 0 aliphatic carbocycles. The molecule has 0 aromatic heterocycles. The number of amides is 2. The van der Waals surface area contributed by atoms with Gasteiger partial charge in [0.2, 0.25) is 0 Å². The first-order chi connectivity index (χ1) is 32.2. The Bertz CT molecular complexity index is 2740. The third-order valence-electron chi connectivity index (χ3n) is 12.6. The summed E-state index contributed by atoms with van der Waals surface area (Å²) in [6, 6.07) is 30.9. The van der Waals surface area contributed by atoms with Crippen LogP contribution in [0.4, 0.5) is 9.59 Å². The van der Waals surface area contributed by atoms with Gasteiger partial charge in [0.25, 0.3) is 10.0 Å². The van der Waals surface area contributed by atoms with Gasteiger partial charge in [-0.05, 0) is 146 Å². The highest BCUT2D eigenvalue weighted by Gasteiger charge is 2.52. The summed E-state index contributed by atoms with van der Waals surface area (Å²) in [4.78, 5) is 30.1. The summed E-state index contributed by atoms with van der Waals surface area (Å²) in [5, 5.41) is 10.0. The van der Waals surface area contributed by atoms with E-state index in [1.165, 1.54) is 10.9 Å². The van der Waals surface area contributed by atoms with Gasteiger partial charge in [-0.2, -0.15) is 13.5 Å². The number of nitrogens with one attached hydrogen (secondary N) is 1. The summed E-state index contributed by atoms with van der Waals surface area (Å²) in [5.74, 6) is 0.450. The predicted octanol–water partition coefficient (Wildman–Crippen LogP) is 12.7. The fourth-order valence-corrected chi connectivity index (χ4v) is 9.39. The number of fused-ring (bicyclic) bond motifs is 2. The number of hydrazone groups is 1. The first-order valence-corrected chi connectivity index (χ1v) is 25.8. The second-order valence-corrected chi connectivity index (χ2v) is 23.2. The van der Waals surface area contributed by atoms with Gasteiger partial charge in [-0.25, -0.2) is 14.4 Å². The lowest BCUT2D eigenvalue weighted by atomic mass is 9.76. The normalized spacial score (nSPS) is 17.1. The molecule has 16 heteroatoms. The van der Waals surface area contributed by atoms with Crippen LogP contribution in [0.5, 0.6) is 0 Å². The van der Waals surface area contributed by atoms with Crippen molar-refractivity contribution in [2.24, 2.45) is 5.10 Å². The number of carbonyl (C=O) groups excluding carboxylic acids is 2. The molecule has 3 aliphatic rings. The largest absolute Gasteiger partial charge is 0.495 e. The molecule has 1 N–H and O–H groups in total. The van der Waals surface area contributed by atoms with Gasteiger partial charge < -0.3 is 28.6 Å². The van der Waals surface area contributed by atoms with Crippen LogP contribution in [0.3, 0.4) is 0 Å². The average Bonchev–Trinajstić information content (AvgIpc) is 3.51. The maximum absolute atomic E-state index is 12.2. The van der Waals surface area contributed by atoms with Crippen molar-refractivity contribution in [3.05, 3.63) is 118 Å². The van der Waals surface area contributed by atoms with Gasteiger partial charge >= 0.3 is 19.3 Å². The number of rotatable bonds is 5. The Labute approximate surface area is 426 Å². The maximum Gasteiger partial charge on any atom is 0.495 e. The van der Waals surface area contributed by atoms with E-state index in [2.05, 4.69) is 68.0 Å². The number of benzene rings is 5. The van der Waals surface area contributed by atoms with Crippen LogP contribution in [-0.4, -0.2) is 91.8 Å². The molecule has 0 bridgehead atoms.